The molecule has 0 radical (unpaired) electrons. The smallest absolute Gasteiger partial charge is 0.244 e. The highest BCUT2D eigenvalue weighted by atomic mass is 35.5. The van der Waals surface area contributed by atoms with Gasteiger partial charge < -0.3 is 10.2 Å². The van der Waals surface area contributed by atoms with Crippen molar-refractivity contribution in [1.82, 2.24) is 10.2 Å². The molecule has 40 heavy (non-hydrogen) atoms. The molecule has 0 saturated heterocycles. The minimum atomic E-state index is -3.87. The molecular weight excluding hydrogens is 569 g/mol. The lowest BCUT2D eigenvalue weighted by atomic mass is 10.0. The highest BCUT2D eigenvalue weighted by Crippen LogP contribution is 2.27. The average Bonchev–Trinajstić information content (AvgIpc) is 2.90. The van der Waals surface area contributed by atoms with Gasteiger partial charge in [-0.1, -0.05) is 85.1 Å². The number of unbranched alkanes of at least 4 members (excludes halogenated alkanes) is 1. The number of hydrogen-bond acceptors (Lipinski definition) is 4. The van der Waals surface area contributed by atoms with Crippen LogP contribution in [-0.2, 0) is 32.6 Å². The number of nitrogens with zero attached hydrogens (tertiary/aromatic N) is 2. The second-order valence-electron chi connectivity index (χ2n) is 9.66. The monoisotopic (exact) mass is 603 g/mol. The van der Waals surface area contributed by atoms with Gasteiger partial charge in [-0.2, -0.15) is 0 Å². The number of carbonyl (C=O) groups excluding carboxylic acids is 2. The molecule has 0 saturated carbocycles. The van der Waals surface area contributed by atoms with E-state index < -0.39 is 28.5 Å². The molecule has 3 aromatic carbocycles. The first-order valence-electron chi connectivity index (χ1n) is 13.1. The number of nitrogens with one attached hydrogen (secondary N) is 1. The van der Waals surface area contributed by atoms with Crippen molar-refractivity contribution in [3.05, 3.63) is 99.5 Å². The topological polar surface area (TPSA) is 86.8 Å². The maximum absolute atomic E-state index is 14.1. The molecule has 0 aliphatic heterocycles. The van der Waals surface area contributed by atoms with Gasteiger partial charge in [-0.15, -0.1) is 0 Å². The first-order valence-corrected chi connectivity index (χ1v) is 15.7. The number of anilines is 1. The number of carbonyl (C=O) groups is 2. The Bertz CT molecular complexity index is 1420. The van der Waals surface area contributed by atoms with E-state index in [2.05, 4.69) is 5.32 Å². The van der Waals surface area contributed by atoms with Gasteiger partial charge in [-0.25, -0.2) is 8.42 Å². The maximum atomic E-state index is 14.1. The first-order chi connectivity index (χ1) is 19.0. The normalized spacial score (nSPS) is 12.0. The molecular formula is C30H35Cl2N3O4S. The number of rotatable bonds is 13. The number of hydrogen-bond donors (Lipinski definition) is 1. The number of amides is 2. The summed E-state index contributed by atoms with van der Waals surface area (Å²) in [5, 5.41) is 3.85. The summed E-state index contributed by atoms with van der Waals surface area (Å²) in [7, 11) is -3.87. The summed E-state index contributed by atoms with van der Waals surface area (Å²) in [6, 6.07) is 20.4. The number of halogens is 2. The average molecular weight is 605 g/mol. The summed E-state index contributed by atoms with van der Waals surface area (Å²) >= 11 is 12.6. The van der Waals surface area contributed by atoms with E-state index >= 15 is 0 Å². The van der Waals surface area contributed by atoms with Gasteiger partial charge in [0, 0.05) is 29.6 Å². The van der Waals surface area contributed by atoms with Crippen LogP contribution in [0.25, 0.3) is 0 Å². The molecule has 3 rings (SSSR count). The highest BCUT2D eigenvalue weighted by Gasteiger charge is 2.33. The molecule has 10 heteroatoms. The molecule has 0 aliphatic carbocycles. The van der Waals surface area contributed by atoms with E-state index in [1.807, 2.05) is 37.3 Å². The highest BCUT2D eigenvalue weighted by molar-refractivity contribution is 7.92. The van der Waals surface area contributed by atoms with Crippen molar-refractivity contribution in [2.24, 2.45) is 0 Å². The number of sulfonamides is 1. The van der Waals surface area contributed by atoms with Gasteiger partial charge in [0.1, 0.15) is 12.6 Å². The quantitative estimate of drug-likeness (QED) is 0.257. The zero-order valence-electron chi connectivity index (χ0n) is 22.9. The zero-order valence-corrected chi connectivity index (χ0v) is 25.3. The number of benzene rings is 3. The lowest BCUT2D eigenvalue weighted by Crippen LogP contribution is -2.53. The fraction of sp³-hybridized carbons (Fsp3) is 0.333. The molecule has 7 nitrogen and oxygen atoms in total. The van der Waals surface area contributed by atoms with Gasteiger partial charge in [0.05, 0.1) is 11.9 Å². The molecule has 3 aromatic rings. The number of aryl methyl sites for hydroxylation is 1. The molecule has 214 valence electrons. The van der Waals surface area contributed by atoms with Crippen LogP contribution in [0.3, 0.4) is 0 Å². The van der Waals surface area contributed by atoms with Crippen LogP contribution in [0.1, 0.15) is 36.5 Å². The Hall–Kier alpha value is -3.07. The summed E-state index contributed by atoms with van der Waals surface area (Å²) < 4.78 is 26.9. The molecule has 2 amide bonds. The molecule has 0 fully saturated rings. The Morgan fingerprint density at radius 1 is 0.975 bits per heavy atom. The maximum Gasteiger partial charge on any atom is 0.244 e. The Morgan fingerprint density at radius 3 is 2.27 bits per heavy atom. The van der Waals surface area contributed by atoms with Crippen LogP contribution in [0.4, 0.5) is 5.69 Å². The second-order valence-corrected chi connectivity index (χ2v) is 12.4. The van der Waals surface area contributed by atoms with Crippen molar-refractivity contribution in [2.75, 3.05) is 23.7 Å². The minimum Gasteiger partial charge on any atom is -0.354 e. The van der Waals surface area contributed by atoms with E-state index in [-0.39, 0.29) is 18.9 Å². The van der Waals surface area contributed by atoms with Crippen molar-refractivity contribution in [3.8, 4) is 0 Å². The van der Waals surface area contributed by atoms with Gasteiger partial charge >= 0.3 is 0 Å². The third-order valence-corrected chi connectivity index (χ3v) is 8.24. The molecule has 1 N–H and O–H groups in total. The van der Waals surface area contributed by atoms with Crippen LogP contribution >= 0.6 is 23.2 Å². The van der Waals surface area contributed by atoms with Crippen LogP contribution in [-0.4, -0.2) is 50.5 Å². The van der Waals surface area contributed by atoms with Crippen molar-refractivity contribution in [3.63, 3.8) is 0 Å². The van der Waals surface area contributed by atoms with E-state index in [4.69, 9.17) is 23.2 Å². The standard InChI is InChI=1S/C30H35Cl2N3O4S/c1-4-5-17-33-30(37)28(19-23-11-7-6-8-12-23)34(20-24-13-9-10-14-26(24)32)29(36)21-35(40(3,38)39)27-16-15-25(31)18-22(27)2/h6-16,18,28H,4-5,17,19-21H2,1-3H3,(H,33,37)/t28-/m1/s1. The lowest BCUT2D eigenvalue weighted by Gasteiger charge is -2.34. The Balaban J connectivity index is 2.06. The van der Waals surface area contributed by atoms with Crippen LogP contribution in [0.15, 0.2) is 72.8 Å². The Morgan fingerprint density at radius 2 is 1.65 bits per heavy atom. The van der Waals surface area contributed by atoms with E-state index in [0.29, 0.717) is 33.4 Å². The molecule has 0 unspecified atom stereocenters. The predicted molar refractivity (Wildman–Crippen MR) is 162 cm³/mol. The van der Waals surface area contributed by atoms with Crippen molar-refractivity contribution in [1.29, 1.82) is 0 Å². The van der Waals surface area contributed by atoms with E-state index in [1.165, 1.54) is 4.90 Å². The van der Waals surface area contributed by atoms with Crippen molar-refractivity contribution in [2.45, 2.75) is 45.7 Å². The van der Waals surface area contributed by atoms with Crippen LogP contribution < -0.4 is 9.62 Å². The first kappa shape index (κ1) is 31.5. The Labute approximate surface area is 247 Å². The molecule has 0 aliphatic rings. The van der Waals surface area contributed by atoms with Gasteiger partial charge in [-0.05, 0) is 54.3 Å². The fourth-order valence-electron chi connectivity index (χ4n) is 4.36. The SMILES string of the molecule is CCCCNC(=O)[C@@H](Cc1ccccc1)N(Cc1ccccc1Cl)C(=O)CN(c1ccc(Cl)cc1C)S(C)(=O)=O. The Kier molecular flexibility index (Phi) is 11.4. The van der Waals surface area contributed by atoms with Crippen LogP contribution in [0.2, 0.25) is 10.0 Å². The van der Waals surface area contributed by atoms with Gasteiger partial charge in [0.25, 0.3) is 0 Å². The molecule has 1 atom stereocenters. The minimum absolute atomic E-state index is 0.0222. The molecule has 0 bridgehead atoms. The lowest BCUT2D eigenvalue weighted by molar-refractivity contribution is -0.140. The summed E-state index contributed by atoms with van der Waals surface area (Å²) in [4.78, 5) is 29.1. The summed E-state index contributed by atoms with van der Waals surface area (Å²) in [5.74, 6) is -0.849. The third kappa shape index (κ3) is 8.71. The van der Waals surface area contributed by atoms with E-state index in [9.17, 15) is 18.0 Å². The zero-order chi connectivity index (χ0) is 29.3. The van der Waals surface area contributed by atoms with Crippen LogP contribution in [0, 0.1) is 6.92 Å². The summed E-state index contributed by atoms with van der Waals surface area (Å²) in [5.41, 5.74) is 2.45. The van der Waals surface area contributed by atoms with Crippen molar-refractivity contribution >= 4 is 50.7 Å². The summed E-state index contributed by atoms with van der Waals surface area (Å²) in [6.07, 6.45) is 2.98. The van der Waals surface area contributed by atoms with Gasteiger partial charge in [0.15, 0.2) is 0 Å². The van der Waals surface area contributed by atoms with Crippen LogP contribution in [0.5, 0.6) is 0 Å². The predicted octanol–water partition coefficient (Wildman–Crippen LogP) is 5.62. The molecule has 0 spiro atoms. The van der Waals surface area contributed by atoms with Crippen molar-refractivity contribution < 1.29 is 18.0 Å². The molecule has 0 aromatic heterocycles. The summed E-state index contributed by atoms with van der Waals surface area (Å²) in [6.45, 7) is 3.74. The molecule has 0 heterocycles. The van der Waals surface area contributed by atoms with E-state index in [0.717, 1.165) is 29.0 Å². The second kappa shape index (κ2) is 14.5. The largest absolute Gasteiger partial charge is 0.354 e. The third-order valence-electron chi connectivity index (χ3n) is 6.51. The van der Waals surface area contributed by atoms with E-state index in [1.54, 1.807) is 49.4 Å². The van der Waals surface area contributed by atoms with Gasteiger partial charge in [-0.3, -0.25) is 13.9 Å². The van der Waals surface area contributed by atoms with Gasteiger partial charge in [0.2, 0.25) is 21.8 Å². The fourth-order valence-corrected chi connectivity index (χ4v) is 5.69.